The van der Waals surface area contributed by atoms with E-state index >= 15 is 0 Å². The normalized spacial score (nSPS) is 10.4. The van der Waals surface area contributed by atoms with E-state index in [2.05, 4.69) is 11.1 Å². The first-order valence-electron chi connectivity index (χ1n) is 6.41. The SMILES string of the molecule is [B]c1cccc(-c2cccc(-c3ccccn3)c2)c1N. The molecule has 3 heteroatoms. The summed E-state index contributed by atoms with van der Waals surface area (Å²) >= 11 is 0. The van der Waals surface area contributed by atoms with Crippen molar-refractivity contribution >= 4 is 19.0 Å². The first kappa shape index (κ1) is 12.5. The predicted molar refractivity (Wildman–Crippen MR) is 84.9 cm³/mol. The van der Waals surface area contributed by atoms with Gasteiger partial charge in [-0.25, -0.2) is 0 Å². The third kappa shape index (κ3) is 2.30. The lowest BCUT2D eigenvalue weighted by atomic mass is 9.89. The van der Waals surface area contributed by atoms with Crippen molar-refractivity contribution in [2.24, 2.45) is 0 Å². The van der Waals surface area contributed by atoms with Crippen molar-refractivity contribution in [1.29, 1.82) is 0 Å². The van der Waals surface area contributed by atoms with Gasteiger partial charge in [-0.05, 0) is 23.8 Å². The minimum Gasteiger partial charge on any atom is -0.399 e. The molecule has 0 saturated carbocycles. The van der Waals surface area contributed by atoms with Gasteiger partial charge in [-0.2, -0.15) is 0 Å². The monoisotopic (exact) mass is 256 g/mol. The van der Waals surface area contributed by atoms with E-state index in [0.29, 0.717) is 11.2 Å². The largest absolute Gasteiger partial charge is 0.399 e. The molecule has 0 saturated heterocycles. The number of anilines is 1. The number of pyridine rings is 1. The van der Waals surface area contributed by atoms with Gasteiger partial charge in [0, 0.05) is 23.0 Å². The molecule has 0 unspecified atom stereocenters. The Morgan fingerprint density at radius 2 is 1.65 bits per heavy atom. The fraction of sp³-hybridized carbons (Fsp3) is 0. The number of nitrogen functional groups attached to an aromatic ring is 1. The van der Waals surface area contributed by atoms with Crippen LogP contribution in [0.5, 0.6) is 0 Å². The maximum absolute atomic E-state index is 6.06. The van der Waals surface area contributed by atoms with Gasteiger partial charge >= 0.3 is 0 Å². The Hall–Kier alpha value is -2.55. The van der Waals surface area contributed by atoms with Crippen LogP contribution in [-0.2, 0) is 0 Å². The molecular weight excluding hydrogens is 243 g/mol. The summed E-state index contributed by atoms with van der Waals surface area (Å²) in [6.45, 7) is 0. The van der Waals surface area contributed by atoms with E-state index in [9.17, 15) is 0 Å². The molecule has 0 aliphatic rings. The lowest BCUT2D eigenvalue weighted by Gasteiger charge is -2.10. The minimum absolute atomic E-state index is 0.603. The number of hydrogen-bond donors (Lipinski definition) is 1. The van der Waals surface area contributed by atoms with Gasteiger partial charge in [0.2, 0.25) is 0 Å². The highest BCUT2D eigenvalue weighted by atomic mass is 14.7. The van der Waals surface area contributed by atoms with E-state index in [0.717, 1.165) is 22.4 Å². The van der Waals surface area contributed by atoms with Crippen LogP contribution in [0.4, 0.5) is 5.69 Å². The number of rotatable bonds is 2. The van der Waals surface area contributed by atoms with Crippen molar-refractivity contribution in [3.8, 4) is 22.4 Å². The highest BCUT2D eigenvalue weighted by molar-refractivity contribution is 6.36. The highest BCUT2D eigenvalue weighted by Crippen LogP contribution is 2.28. The average molecular weight is 256 g/mol. The van der Waals surface area contributed by atoms with Gasteiger partial charge in [-0.3, -0.25) is 4.98 Å². The summed E-state index contributed by atoms with van der Waals surface area (Å²) in [4.78, 5) is 4.37. The molecule has 3 rings (SSSR count). The van der Waals surface area contributed by atoms with E-state index in [1.54, 1.807) is 12.3 Å². The van der Waals surface area contributed by atoms with E-state index in [1.165, 1.54) is 0 Å². The van der Waals surface area contributed by atoms with Gasteiger partial charge in [0.05, 0.1) is 5.69 Å². The Balaban J connectivity index is 2.10. The summed E-state index contributed by atoms with van der Waals surface area (Å²) < 4.78 is 0. The molecule has 0 fully saturated rings. The summed E-state index contributed by atoms with van der Waals surface area (Å²) in [5, 5.41) is 0. The summed E-state index contributed by atoms with van der Waals surface area (Å²) in [5.41, 5.74) is 11.3. The van der Waals surface area contributed by atoms with Gasteiger partial charge < -0.3 is 5.73 Å². The van der Waals surface area contributed by atoms with Crippen LogP contribution in [0.15, 0.2) is 66.9 Å². The number of aromatic nitrogens is 1. The van der Waals surface area contributed by atoms with Crippen LogP contribution in [0.2, 0.25) is 0 Å². The molecule has 2 radical (unpaired) electrons. The van der Waals surface area contributed by atoms with Crippen molar-refractivity contribution in [1.82, 2.24) is 4.98 Å². The zero-order valence-corrected chi connectivity index (χ0v) is 11.0. The van der Waals surface area contributed by atoms with E-state index < -0.39 is 0 Å². The number of nitrogens with two attached hydrogens (primary N) is 1. The zero-order valence-electron chi connectivity index (χ0n) is 11.0. The molecule has 0 aliphatic carbocycles. The van der Waals surface area contributed by atoms with Crippen molar-refractivity contribution < 1.29 is 0 Å². The predicted octanol–water partition coefficient (Wildman–Crippen LogP) is 2.79. The molecule has 1 aromatic heterocycles. The summed E-state index contributed by atoms with van der Waals surface area (Å²) in [5.74, 6) is 0. The molecule has 0 aliphatic heterocycles. The van der Waals surface area contributed by atoms with Gasteiger partial charge in [0.1, 0.15) is 7.85 Å². The van der Waals surface area contributed by atoms with E-state index in [1.807, 2.05) is 48.5 Å². The number of hydrogen-bond acceptors (Lipinski definition) is 2. The highest BCUT2D eigenvalue weighted by Gasteiger charge is 2.06. The Bertz CT molecular complexity index is 739. The van der Waals surface area contributed by atoms with E-state index in [-0.39, 0.29) is 0 Å². The van der Waals surface area contributed by atoms with E-state index in [4.69, 9.17) is 13.6 Å². The third-order valence-corrected chi connectivity index (χ3v) is 3.27. The zero-order chi connectivity index (χ0) is 13.9. The van der Waals surface area contributed by atoms with Crippen molar-refractivity contribution in [2.75, 3.05) is 5.73 Å². The van der Waals surface area contributed by atoms with Crippen LogP contribution in [0.1, 0.15) is 0 Å². The molecule has 0 amide bonds. The van der Waals surface area contributed by atoms with Crippen LogP contribution >= 0.6 is 0 Å². The Labute approximate surface area is 119 Å². The number of nitrogens with zero attached hydrogens (tertiary/aromatic N) is 1. The Morgan fingerprint density at radius 1 is 0.850 bits per heavy atom. The van der Waals surface area contributed by atoms with Gasteiger partial charge in [0.25, 0.3) is 0 Å². The topological polar surface area (TPSA) is 38.9 Å². The molecule has 0 spiro atoms. The molecule has 0 bridgehead atoms. The lowest BCUT2D eigenvalue weighted by Crippen LogP contribution is -2.10. The lowest BCUT2D eigenvalue weighted by molar-refractivity contribution is 1.33. The number of benzene rings is 2. The Morgan fingerprint density at radius 3 is 2.45 bits per heavy atom. The van der Waals surface area contributed by atoms with Crippen LogP contribution < -0.4 is 11.2 Å². The quantitative estimate of drug-likeness (QED) is 0.565. The van der Waals surface area contributed by atoms with Crippen molar-refractivity contribution in [3.63, 3.8) is 0 Å². The fourth-order valence-corrected chi connectivity index (χ4v) is 2.21. The Kier molecular flexibility index (Phi) is 3.26. The standard InChI is InChI=1S/C17H13BN2/c18-15-8-4-7-14(17(15)19)12-5-3-6-13(11-12)16-9-1-2-10-20-16/h1-11H,19H2. The van der Waals surface area contributed by atoms with Crippen LogP contribution in [0.25, 0.3) is 22.4 Å². The minimum atomic E-state index is 0.603. The van der Waals surface area contributed by atoms with Crippen LogP contribution in [0, 0.1) is 0 Å². The molecule has 94 valence electrons. The van der Waals surface area contributed by atoms with Gasteiger partial charge in [-0.15, -0.1) is 0 Å². The summed E-state index contributed by atoms with van der Waals surface area (Å²) in [7, 11) is 5.87. The molecule has 0 atom stereocenters. The average Bonchev–Trinajstić information content (AvgIpc) is 2.51. The van der Waals surface area contributed by atoms with Crippen molar-refractivity contribution in [3.05, 3.63) is 66.9 Å². The first-order chi connectivity index (χ1) is 9.75. The molecule has 2 aromatic carbocycles. The van der Waals surface area contributed by atoms with Gasteiger partial charge in [-0.1, -0.05) is 47.9 Å². The molecule has 1 heterocycles. The maximum atomic E-state index is 6.06. The molecular formula is C17H13BN2. The fourth-order valence-electron chi connectivity index (χ4n) is 2.21. The second-order valence-corrected chi connectivity index (χ2v) is 4.60. The second-order valence-electron chi connectivity index (χ2n) is 4.60. The number of para-hydroxylation sites is 1. The third-order valence-electron chi connectivity index (χ3n) is 3.27. The molecule has 20 heavy (non-hydrogen) atoms. The van der Waals surface area contributed by atoms with Crippen LogP contribution in [0.3, 0.4) is 0 Å². The molecule has 2 nitrogen and oxygen atoms in total. The summed E-state index contributed by atoms with van der Waals surface area (Å²) in [6, 6.07) is 19.7. The second kappa shape index (κ2) is 5.21. The maximum Gasteiger partial charge on any atom is 0.116 e. The van der Waals surface area contributed by atoms with Gasteiger partial charge in [0.15, 0.2) is 0 Å². The molecule has 2 N–H and O–H groups in total. The first-order valence-corrected chi connectivity index (χ1v) is 6.41. The van der Waals surface area contributed by atoms with Crippen molar-refractivity contribution in [2.45, 2.75) is 0 Å². The summed E-state index contributed by atoms with van der Waals surface area (Å²) in [6.07, 6.45) is 1.79. The molecule has 3 aromatic rings. The smallest absolute Gasteiger partial charge is 0.116 e. The van der Waals surface area contributed by atoms with Crippen LogP contribution in [-0.4, -0.2) is 12.8 Å².